The number of amides is 1. The van der Waals surface area contributed by atoms with Crippen molar-refractivity contribution in [2.45, 2.75) is 32.8 Å². The highest BCUT2D eigenvalue weighted by Crippen LogP contribution is 2.20. The predicted octanol–water partition coefficient (Wildman–Crippen LogP) is 3.32. The van der Waals surface area contributed by atoms with Gasteiger partial charge in [0.2, 0.25) is 0 Å². The molecule has 6 nitrogen and oxygen atoms in total. The van der Waals surface area contributed by atoms with Gasteiger partial charge in [-0.1, -0.05) is 30.9 Å². The lowest BCUT2D eigenvalue weighted by Crippen LogP contribution is -2.36. The fraction of sp³-hybridized carbons (Fsp3) is 0.526. The molecule has 1 heterocycles. The van der Waals surface area contributed by atoms with E-state index in [9.17, 15) is 9.59 Å². The van der Waals surface area contributed by atoms with Crippen molar-refractivity contribution in [2.24, 2.45) is 5.92 Å². The Bertz CT molecular complexity index is 658. The summed E-state index contributed by atoms with van der Waals surface area (Å²) in [7, 11) is 1.57. The summed E-state index contributed by atoms with van der Waals surface area (Å²) in [5.41, 5.74) is 0.610. The van der Waals surface area contributed by atoms with Crippen molar-refractivity contribution in [3.8, 4) is 5.75 Å². The summed E-state index contributed by atoms with van der Waals surface area (Å²) < 4.78 is 11.0. The van der Waals surface area contributed by atoms with Gasteiger partial charge in [0.05, 0.1) is 12.9 Å². The number of benzene rings is 1. The molecule has 1 fully saturated rings. The standard InChI is InChI=1S/C19H26N2O4S2/c1-13-8-10-21(11-9-13)19(26)27-12-17(22)25-14(2)18(23)20-15-4-6-16(24-3)7-5-15/h4-7,13-14H,8-12H2,1-3H3,(H,20,23)/t14-/m0/s1. The number of anilines is 1. The Labute approximate surface area is 170 Å². The van der Waals surface area contributed by atoms with E-state index >= 15 is 0 Å². The zero-order chi connectivity index (χ0) is 19.8. The van der Waals surface area contributed by atoms with Crippen LogP contribution in [0.25, 0.3) is 0 Å². The molecule has 27 heavy (non-hydrogen) atoms. The molecular formula is C19H26N2O4S2. The van der Waals surface area contributed by atoms with Crippen LogP contribution in [0.1, 0.15) is 26.7 Å². The van der Waals surface area contributed by atoms with Gasteiger partial charge in [-0.05, 0) is 49.9 Å². The fourth-order valence-corrected chi connectivity index (χ4v) is 3.64. The third-order valence-electron chi connectivity index (χ3n) is 4.39. The first-order valence-corrected chi connectivity index (χ1v) is 10.3. The Balaban J connectivity index is 1.72. The molecule has 0 bridgehead atoms. The minimum absolute atomic E-state index is 0.102. The van der Waals surface area contributed by atoms with E-state index < -0.39 is 12.1 Å². The maximum Gasteiger partial charge on any atom is 0.317 e. The van der Waals surface area contributed by atoms with Gasteiger partial charge in [0, 0.05) is 18.8 Å². The number of hydrogen-bond acceptors (Lipinski definition) is 6. The maximum atomic E-state index is 12.2. The van der Waals surface area contributed by atoms with Crippen molar-refractivity contribution >= 4 is 45.9 Å². The number of methoxy groups -OCH3 is 1. The van der Waals surface area contributed by atoms with Gasteiger partial charge in [0.15, 0.2) is 6.10 Å². The van der Waals surface area contributed by atoms with E-state index in [-0.39, 0.29) is 11.7 Å². The summed E-state index contributed by atoms with van der Waals surface area (Å²) in [5.74, 6) is 0.689. The molecule has 0 saturated carbocycles. The second-order valence-electron chi connectivity index (χ2n) is 6.57. The highest BCUT2D eigenvalue weighted by Gasteiger charge is 2.21. The predicted molar refractivity (Wildman–Crippen MR) is 112 cm³/mol. The minimum atomic E-state index is -0.885. The lowest BCUT2D eigenvalue weighted by Gasteiger charge is -2.31. The van der Waals surface area contributed by atoms with Crippen molar-refractivity contribution in [3.63, 3.8) is 0 Å². The number of ether oxygens (including phenoxy) is 2. The van der Waals surface area contributed by atoms with Crippen molar-refractivity contribution in [1.29, 1.82) is 0 Å². The lowest BCUT2D eigenvalue weighted by atomic mass is 10.00. The Morgan fingerprint density at radius 1 is 1.30 bits per heavy atom. The number of rotatable bonds is 6. The topological polar surface area (TPSA) is 67.9 Å². The molecule has 1 aliphatic rings. The fourth-order valence-electron chi connectivity index (χ4n) is 2.61. The van der Waals surface area contributed by atoms with E-state index in [0.29, 0.717) is 15.8 Å². The quantitative estimate of drug-likeness (QED) is 0.570. The molecule has 8 heteroatoms. The zero-order valence-corrected chi connectivity index (χ0v) is 17.5. The van der Waals surface area contributed by atoms with Gasteiger partial charge in [-0.25, -0.2) is 0 Å². The first kappa shape index (κ1) is 21.5. The van der Waals surface area contributed by atoms with E-state index in [1.807, 2.05) is 0 Å². The summed E-state index contributed by atoms with van der Waals surface area (Å²) >= 11 is 6.69. The number of carbonyl (C=O) groups excluding carboxylic acids is 2. The van der Waals surface area contributed by atoms with Crippen LogP contribution in [0.5, 0.6) is 5.75 Å². The Kier molecular flexibility index (Phi) is 8.37. The van der Waals surface area contributed by atoms with Crippen LogP contribution in [0.3, 0.4) is 0 Å². The van der Waals surface area contributed by atoms with Crippen LogP contribution < -0.4 is 10.1 Å². The molecule has 0 aromatic heterocycles. The second-order valence-corrected chi connectivity index (χ2v) is 8.18. The molecule has 1 amide bonds. The van der Waals surface area contributed by atoms with Gasteiger partial charge in [-0.2, -0.15) is 0 Å². The average molecular weight is 411 g/mol. The van der Waals surface area contributed by atoms with Crippen LogP contribution in [0.4, 0.5) is 5.69 Å². The van der Waals surface area contributed by atoms with Crippen LogP contribution in [0, 0.1) is 5.92 Å². The van der Waals surface area contributed by atoms with Gasteiger partial charge in [-0.15, -0.1) is 0 Å². The molecule has 0 unspecified atom stereocenters. The molecule has 148 valence electrons. The molecule has 1 saturated heterocycles. The minimum Gasteiger partial charge on any atom is -0.497 e. The second kappa shape index (κ2) is 10.5. The molecular weight excluding hydrogens is 384 g/mol. The van der Waals surface area contributed by atoms with E-state index in [1.54, 1.807) is 38.3 Å². The molecule has 1 N–H and O–H groups in total. The first-order chi connectivity index (χ1) is 12.9. The average Bonchev–Trinajstić information content (AvgIpc) is 2.67. The van der Waals surface area contributed by atoms with Crippen LogP contribution in [-0.4, -0.2) is 53.2 Å². The normalized spacial score (nSPS) is 15.7. The monoisotopic (exact) mass is 410 g/mol. The Hall–Kier alpha value is -1.80. The molecule has 1 aromatic rings. The molecule has 1 atom stereocenters. The molecule has 2 rings (SSSR count). The molecule has 1 aliphatic heterocycles. The zero-order valence-electron chi connectivity index (χ0n) is 15.9. The largest absolute Gasteiger partial charge is 0.497 e. The summed E-state index contributed by atoms with van der Waals surface area (Å²) in [5, 5.41) is 2.71. The molecule has 0 radical (unpaired) electrons. The van der Waals surface area contributed by atoms with Crippen LogP contribution >= 0.6 is 24.0 Å². The Morgan fingerprint density at radius 2 is 1.93 bits per heavy atom. The number of carbonyl (C=O) groups is 2. The van der Waals surface area contributed by atoms with Crippen molar-refractivity contribution in [1.82, 2.24) is 4.90 Å². The highest BCUT2D eigenvalue weighted by molar-refractivity contribution is 8.23. The van der Waals surface area contributed by atoms with E-state index in [0.717, 1.165) is 31.8 Å². The van der Waals surface area contributed by atoms with Crippen LogP contribution in [-0.2, 0) is 14.3 Å². The molecule has 1 aromatic carbocycles. The van der Waals surface area contributed by atoms with Crippen LogP contribution in [0.15, 0.2) is 24.3 Å². The van der Waals surface area contributed by atoms with Gasteiger partial charge in [-0.3, -0.25) is 9.59 Å². The molecule has 0 spiro atoms. The number of esters is 1. The Morgan fingerprint density at radius 3 is 2.52 bits per heavy atom. The third-order valence-corrected chi connectivity index (χ3v) is 5.89. The van der Waals surface area contributed by atoms with Crippen LogP contribution in [0.2, 0.25) is 0 Å². The number of nitrogens with zero attached hydrogens (tertiary/aromatic N) is 1. The number of thioether (sulfide) groups is 1. The van der Waals surface area contributed by atoms with E-state index in [2.05, 4.69) is 17.1 Å². The van der Waals surface area contributed by atoms with E-state index in [4.69, 9.17) is 21.7 Å². The number of piperidine rings is 1. The number of nitrogens with one attached hydrogen (secondary N) is 1. The van der Waals surface area contributed by atoms with Gasteiger partial charge in [0.1, 0.15) is 10.1 Å². The summed E-state index contributed by atoms with van der Waals surface area (Å²) in [6.45, 7) is 5.65. The van der Waals surface area contributed by atoms with Gasteiger partial charge in [0.25, 0.3) is 5.91 Å². The van der Waals surface area contributed by atoms with E-state index in [1.165, 1.54) is 11.8 Å². The van der Waals surface area contributed by atoms with Crippen molar-refractivity contribution in [2.75, 3.05) is 31.3 Å². The van der Waals surface area contributed by atoms with Gasteiger partial charge < -0.3 is 19.7 Å². The summed E-state index contributed by atoms with van der Waals surface area (Å²) in [6.07, 6.45) is 1.35. The summed E-state index contributed by atoms with van der Waals surface area (Å²) in [4.78, 5) is 26.3. The van der Waals surface area contributed by atoms with Gasteiger partial charge >= 0.3 is 5.97 Å². The lowest BCUT2D eigenvalue weighted by molar-refractivity contribution is -0.150. The molecule has 0 aliphatic carbocycles. The number of thiocarbonyl (C=S) groups is 1. The number of likely N-dealkylation sites (tertiary alicyclic amines) is 1. The smallest absolute Gasteiger partial charge is 0.317 e. The van der Waals surface area contributed by atoms with Crippen molar-refractivity contribution < 1.29 is 19.1 Å². The first-order valence-electron chi connectivity index (χ1n) is 8.95. The SMILES string of the molecule is COc1ccc(NC(=O)[C@H](C)OC(=O)CSC(=S)N2CCC(C)CC2)cc1. The maximum absolute atomic E-state index is 12.2. The number of hydrogen-bond donors (Lipinski definition) is 1. The highest BCUT2D eigenvalue weighted by atomic mass is 32.2. The summed E-state index contributed by atoms with van der Waals surface area (Å²) in [6, 6.07) is 6.93. The third kappa shape index (κ3) is 7.03. The van der Waals surface area contributed by atoms with Crippen molar-refractivity contribution in [3.05, 3.63) is 24.3 Å².